The highest BCUT2D eigenvalue weighted by Crippen LogP contribution is 2.11. The van der Waals surface area contributed by atoms with E-state index >= 15 is 0 Å². The minimum absolute atomic E-state index is 0.862. The molecular weight excluding hydrogens is 182 g/mol. The summed E-state index contributed by atoms with van der Waals surface area (Å²) in [6.07, 6.45) is 13.5. The van der Waals surface area contributed by atoms with E-state index in [-0.39, 0.29) is 0 Å². The minimum Gasteiger partial charge on any atom is -0.330 e. The van der Waals surface area contributed by atoms with Crippen molar-refractivity contribution in [2.24, 2.45) is 5.73 Å². The summed E-state index contributed by atoms with van der Waals surface area (Å²) in [5.74, 6) is 0. The zero-order valence-corrected chi connectivity index (χ0v) is 10.6. The van der Waals surface area contributed by atoms with Crippen LogP contribution in [0.4, 0.5) is 0 Å². The maximum absolute atomic E-state index is 5.44. The van der Waals surface area contributed by atoms with Crippen molar-refractivity contribution >= 4 is 0 Å². The molecule has 0 unspecified atom stereocenters. The highest BCUT2D eigenvalue weighted by molar-refractivity contribution is 4.86. The van der Waals surface area contributed by atoms with Crippen LogP contribution in [0.5, 0.6) is 0 Å². The Balaban J connectivity index is 2.89. The second kappa shape index (κ2) is 11.8. The third-order valence-corrected chi connectivity index (χ3v) is 2.81. The first-order valence-electron chi connectivity index (χ1n) is 6.62. The van der Waals surface area contributed by atoms with Crippen LogP contribution in [0.25, 0.3) is 0 Å². The van der Waals surface area contributed by atoms with Gasteiger partial charge in [0.1, 0.15) is 0 Å². The zero-order chi connectivity index (χ0) is 11.4. The van der Waals surface area contributed by atoms with Gasteiger partial charge in [-0.2, -0.15) is 0 Å². The molecule has 0 spiro atoms. The first-order chi connectivity index (χ1) is 7.27. The van der Waals surface area contributed by atoms with Crippen molar-refractivity contribution in [3.05, 3.63) is 12.2 Å². The van der Waals surface area contributed by atoms with E-state index in [2.05, 4.69) is 13.5 Å². The number of hydrogen-bond acceptors (Lipinski definition) is 1. The van der Waals surface area contributed by atoms with E-state index in [0.717, 1.165) is 6.54 Å². The van der Waals surface area contributed by atoms with Crippen LogP contribution in [0, 0.1) is 0 Å². The molecule has 0 aliphatic heterocycles. The van der Waals surface area contributed by atoms with Crippen LogP contribution in [0.2, 0.25) is 0 Å². The molecule has 0 atom stereocenters. The Labute approximate surface area is 96.1 Å². The topological polar surface area (TPSA) is 26.0 Å². The Morgan fingerprint density at radius 2 is 1.20 bits per heavy atom. The van der Waals surface area contributed by atoms with E-state index in [1.54, 1.807) is 0 Å². The third kappa shape index (κ3) is 13.7. The first kappa shape index (κ1) is 14.7. The first-order valence-corrected chi connectivity index (χ1v) is 6.62. The lowest BCUT2D eigenvalue weighted by Crippen LogP contribution is -1.97. The zero-order valence-electron chi connectivity index (χ0n) is 10.6. The molecule has 1 nitrogen and oxygen atoms in total. The van der Waals surface area contributed by atoms with Crippen molar-refractivity contribution < 1.29 is 0 Å². The highest BCUT2D eigenvalue weighted by Gasteiger charge is 1.92. The van der Waals surface area contributed by atoms with Crippen LogP contribution in [-0.4, -0.2) is 6.54 Å². The quantitative estimate of drug-likeness (QED) is 0.397. The van der Waals surface area contributed by atoms with Crippen molar-refractivity contribution in [3.8, 4) is 0 Å². The molecule has 0 aliphatic rings. The lowest BCUT2D eigenvalue weighted by atomic mass is 10.1. The van der Waals surface area contributed by atoms with Gasteiger partial charge in [-0.1, -0.05) is 50.5 Å². The van der Waals surface area contributed by atoms with Gasteiger partial charge in [-0.15, -0.1) is 6.58 Å². The molecule has 0 aromatic heterocycles. The monoisotopic (exact) mass is 211 g/mol. The van der Waals surface area contributed by atoms with Crippen LogP contribution in [0.1, 0.15) is 71.1 Å². The summed E-state index contributed by atoms with van der Waals surface area (Å²) in [5, 5.41) is 0. The lowest BCUT2D eigenvalue weighted by Gasteiger charge is -2.02. The molecular formula is C14H29N. The summed E-state index contributed by atoms with van der Waals surface area (Å²) in [7, 11) is 0. The summed E-state index contributed by atoms with van der Waals surface area (Å²) in [6.45, 7) is 6.91. The molecule has 0 rings (SSSR count). The van der Waals surface area contributed by atoms with Crippen molar-refractivity contribution in [2.75, 3.05) is 6.54 Å². The standard InChI is InChI=1S/C14H29N/c1-14(2)12-10-8-6-4-3-5-7-9-11-13-15/h1,3-13,15H2,2H3. The van der Waals surface area contributed by atoms with Gasteiger partial charge in [0.2, 0.25) is 0 Å². The molecule has 0 radical (unpaired) electrons. The predicted molar refractivity (Wildman–Crippen MR) is 70.0 cm³/mol. The summed E-state index contributed by atoms with van der Waals surface area (Å²) in [4.78, 5) is 0. The maximum Gasteiger partial charge on any atom is -0.00773 e. The molecule has 0 amide bonds. The maximum atomic E-state index is 5.44. The summed E-state index contributed by atoms with van der Waals surface area (Å²) < 4.78 is 0. The highest BCUT2D eigenvalue weighted by atomic mass is 14.5. The van der Waals surface area contributed by atoms with Crippen LogP contribution in [-0.2, 0) is 0 Å². The Kier molecular flexibility index (Phi) is 11.5. The Morgan fingerprint density at radius 3 is 1.60 bits per heavy atom. The number of rotatable bonds is 11. The number of nitrogens with two attached hydrogens (primary N) is 1. The van der Waals surface area contributed by atoms with Crippen molar-refractivity contribution in [1.29, 1.82) is 0 Å². The molecule has 0 fully saturated rings. The number of allylic oxidation sites excluding steroid dienone is 1. The normalized spacial score (nSPS) is 10.5. The molecule has 0 aliphatic carbocycles. The Hall–Kier alpha value is -0.300. The van der Waals surface area contributed by atoms with E-state index in [9.17, 15) is 0 Å². The van der Waals surface area contributed by atoms with E-state index in [4.69, 9.17) is 5.73 Å². The molecule has 2 N–H and O–H groups in total. The summed E-state index contributed by atoms with van der Waals surface area (Å²) >= 11 is 0. The molecule has 15 heavy (non-hydrogen) atoms. The second-order valence-electron chi connectivity index (χ2n) is 4.68. The average Bonchev–Trinajstić information content (AvgIpc) is 2.20. The molecule has 0 aromatic carbocycles. The van der Waals surface area contributed by atoms with E-state index < -0.39 is 0 Å². The average molecular weight is 211 g/mol. The van der Waals surface area contributed by atoms with Crippen molar-refractivity contribution in [3.63, 3.8) is 0 Å². The predicted octanol–water partition coefficient (Wildman–Crippen LogP) is 4.42. The van der Waals surface area contributed by atoms with Gasteiger partial charge in [0, 0.05) is 0 Å². The van der Waals surface area contributed by atoms with Gasteiger partial charge >= 0.3 is 0 Å². The molecule has 90 valence electrons. The van der Waals surface area contributed by atoms with E-state index in [0.29, 0.717) is 0 Å². The number of hydrogen-bond donors (Lipinski definition) is 1. The van der Waals surface area contributed by atoms with Crippen LogP contribution in [0.3, 0.4) is 0 Å². The van der Waals surface area contributed by atoms with Gasteiger partial charge in [-0.3, -0.25) is 0 Å². The van der Waals surface area contributed by atoms with E-state index in [1.165, 1.54) is 69.8 Å². The van der Waals surface area contributed by atoms with Crippen molar-refractivity contribution in [1.82, 2.24) is 0 Å². The van der Waals surface area contributed by atoms with Crippen LogP contribution >= 0.6 is 0 Å². The summed E-state index contributed by atoms with van der Waals surface area (Å²) in [6, 6.07) is 0. The lowest BCUT2D eigenvalue weighted by molar-refractivity contribution is 0.560. The molecule has 1 heteroatoms. The fourth-order valence-electron chi connectivity index (χ4n) is 1.81. The third-order valence-electron chi connectivity index (χ3n) is 2.81. The largest absolute Gasteiger partial charge is 0.330 e. The van der Waals surface area contributed by atoms with Crippen molar-refractivity contribution in [2.45, 2.75) is 71.1 Å². The van der Waals surface area contributed by atoms with Gasteiger partial charge in [0.15, 0.2) is 0 Å². The van der Waals surface area contributed by atoms with Gasteiger partial charge in [0.25, 0.3) is 0 Å². The van der Waals surface area contributed by atoms with Gasteiger partial charge in [-0.05, 0) is 32.7 Å². The van der Waals surface area contributed by atoms with Crippen LogP contribution in [0.15, 0.2) is 12.2 Å². The molecule has 0 saturated carbocycles. The van der Waals surface area contributed by atoms with Gasteiger partial charge in [0.05, 0.1) is 0 Å². The number of unbranched alkanes of at least 4 members (excludes halogenated alkanes) is 8. The minimum atomic E-state index is 0.862. The molecule has 0 saturated heterocycles. The smallest absolute Gasteiger partial charge is 0.00773 e. The van der Waals surface area contributed by atoms with Gasteiger partial charge < -0.3 is 5.73 Å². The fourth-order valence-corrected chi connectivity index (χ4v) is 1.81. The molecule has 0 heterocycles. The van der Waals surface area contributed by atoms with E-state index in [1.807, 2.05) is 0 Å². The fraction of sp³-hybridized carbons (Fsp3) is 0.857. The molecule has 0 aromatic rings. The van der Waals surface area contributed by atoms with Crippen LogP contribution < -0.4 is 5.73 Å². The van der Waals surface area contributed by atoms with Gasteiger partial charge in [-0.25, -0.2) is 0 Å². The molecule has 0 bridgehead atoms. The second-order valence-corrected chi connectivity index (χ2v) is 4.68. The summed E-state index contributed by atoms with van der Waals surface area (Å²) in [5.41, 5.74) is 6.77. The Morgan fingerprint density at radius 1 is 0.800 bits per heavy atom. The SMILES string of the molecule is C=C(C)CCCCCCCCCCCN. The Bertz CT molecular complexity index is 140.